The number of ether oxygens (including phenoxy) is 1. The highest BCUT2D eigenvalue weighted by molar-refractivity contribution is 5.95. The van der Waals surface area contributed by atoms with E-state index >= 15 is 0 Å². The molecule has 1 aliphatic heterocycles. The van der Waals surface area contributed by atoms with Gasteiger partial charge < -0.3 is 15.4 Å². The van der Waals surface area contributed by atoms with Crippen LogP contribution in [0, 0.1) is 6.92 Å². The topological polar surface area (TPSA) is 50.4 Å². The Bertz CT molecular complexity index is 412. The van der Waals surface area contributed by atoms with Gasteiger partial charge in [0.25, 0.3) is 0 Å². The third-order valence-corrected chi connectivity index (χ3v) is 3.00. The maximum Gasteiger partial charge on any atom is 0.244 e. The first-order valence-electron chi connectivity index (χ1n) is 5.90. The van der Waals surface area contributed by atoms with Gasteiger partial charge in [-0.1, -0.05) is 18.2 Å². The fraction of sp³-hybridized carbons (Fsp3) is 0.462. The number of para-hydroxylation sites is 1. The van der Waals surface area contributed by atoms with Gasteiger partial charge in [-0.2, -0.15) is 0 Å². The minimum Gasteiger partial charge on any atom is -0.375 e. The summed E-state index contributed by atoms with van der Waals surface area (Å²) in [5.41, 5.74) is 1.92. The van der Waals surface area contributed by atoms with Crippen molar-refractivity contribution in [1.29, 1.82) is 0 Å². The van der Waals surface area contributed by atoms with E-state index in [0.717, 1.165) is 17.8 Å². The van der Waals surface area contributed by atoms with Crippen molar-refractivity contribution in [3.63, 3.8) is 0 Å². The van der Waals surface area contributed by atoms with Crippen molar-refractivity contribution in [1.82, 2.24) is 5.32 Å². The Balaban J connectivity index is 0.00000162. The third-order valence-electron chi connectivity index (χ3n) is 3.00. The fourth-order valence-corrected chi connectivity index (χ4v) is 1.95. The smallest absolute Gasteiger partial charge is 0.244 e. The molecule has 0 bridgehead atoms. The second-order valence-electron chi connectivity index (χ2n) is 4.31. The van der Waals surface area contributed by atoms with Gasteiger partial charge in [0.15, 0.2) is 0 Å². The van der Waals surface area contributed by atoms with Gasteiger partial charge in [0.05, 0.1) is 12.7 Å². The molecule has 2 atom stereocenters. The molecule has 1 aliphatic rings. The SMILES string of the molecule is Cc1ccccc1NC(=O)[C@H]1NCCO[C@@H]1C.Cl. The zero-order valence-electron chi connectivity index (χ0n) is 10.6. The summed E-state index contributed by atoms with van der Waals surface area (Å²) >= 11 is 0. The van der Waals surface area contributed by atoms with Gasteiger partial charge in [0.2, 0.25) is 5.91 Å². The van der Waals surface area contributed by atoms with Crippen LogP contribution in [-0.2, 0) is 9.53 Å². The summed E-state index contributed by atoms with van der Waals surface area (Å²) in [6.07, 6.45) is -0.0900. The average molecular weight is 271 g/mol. The molecule has 1 aromatic carbocycles. The van der Waals surface area contributed by atoms with Crippen LogP contribution in [0.2, 0.25) is 0 Å². The molecule has 18 heavy (non-hydrogen) atoms. The molecule has 5 heteroatoms. The van der Waals surface area contributed by atoms with Crippen LogP contribution in [0.25, 0.3) is 0 Å². The number of halogens is 1. The minimum atomic E-state index is -0.275. The maximum absolute atomic E-state index is 12.1. The second-order valence-corrected chi connectivity index (χ2v) is 4.31. The summed E-state index contributed by atoms with van der Waals surface area (Å²) in [5, 5.41) is 6.10. The van der Waals surface area contributed by atoms with E-state index in [4.69, 9.17) is 4.74 Å². The molecule has 1 aromatic rings. The number of carbonyl (C=O) groups excluding carboxylic acids is 1. The van der Waals surface area contributed by atoms with Crippen LogP contribution in [0.5, 0.6) is 0 Å². The summed E-state index contributed by atoms with van der Waals surface area (Å²) in [6.45, 7) is 5.27. The lowest BCUT2D eigenvalue weighted by Gasteiger charge is -2.29. The molecule has 0 radical (unpaired) electrons. The number of amides is 1. The Morgan fingerprint density at radius 2 is 2.17 bits per heavy atom. The number of benzene rings is 1. The lowest BCUT2D eigenvalue weighted by Crippen LogP contribution is -2.53. The first kappa shape index (κ1) is 15.0. The Labute approximate surface area is 114 Å². The van der Waals surface area contributed by atoms with E-state index in [2.05, 4.69) is 10.6 Å². The van der Waals surface area contributed by atoms with E-state index in [1.165, 1.54) is 0 Å². The number of hydrogen-bond acceptors (Lipinski definition) is 3. The third kappa shape index (κ3) is 3.45. The molecular weight excluding hydrogens is 252 g/mol. The number of rotatable bonds is 2. The highest BCUT2D eigenvalue weighted by Gasteiger charge is 2.28. The predicted octanol–water partition coefficient (Wildman–Crippen LogP) is 1.73. The van der Waals surface area contributed by atoms with Gasteiger partial charge in [-0.3, -0.25) is 4.79 Å². The molecule has 4 nitrogen and oxygen atoms in total. The molecule has 0 unspecified atom stereocenters. The normalized spacial score (nSPS) is 23.0. The molecule has 2 rings (SSSR count). The van der Waals surface area contributed by atoms with Gasteiger partial charge in [-0.15, -0.1) is 12.4 Å². The quantitative estimate of drug-likeness (QED) is 0.861. The van der Waals surface area contributed by atoms with Crippen LogP contribution in [-0.4, -0.2) is 31.2 Å². The van der Waals surface area contributed by atoms with Crippen LogP contribution >= 0.6 is 12.4 Å². The first-order valence-corrected chi connectivity index (χ1v) is 5.90. The van der Waals surface area contributed by atoms with Crippen molar-refractivity contribution >= 4 is 24.0 Å². The molecule has 0 spiro atoms. The van der Waals surface area contributed by atoms with Crippen molar-refractivity contribution < 1.29 is 9.53 Å². The second kappa shape index (κ2) is 6.73. The Morgan fingerprint density at radius 1 is 1.44 bits per heavy atom. The standard InChI is InChI=1S/C13H18N2O2.ClH/c1-9-5-3-4-6-11(9)15-13(16)12-10(2)17-8-7-14-12;/h3-6,10,12,14H,7-8H2,1-2H3,(H,15,16);1H/t10-,12+;/m1./s1. The molecule has 100 valence electrons. The molecule has 1 amide bonds. The molecule has 0 saturated carbocycles. The van der Waals surface area contributed by atoms with Gasteiger partial charge >= 0.3 is 0 Å². The zero-order chi connectivity index (χ0) is 12.3. The van der Waals surface area contributed by atoms with Gasteiger partial charge in [0, 0.05) is 12.2 Å². The van der Waals surface area contributed by atoms with Crippen LogP contribution < -0.4 is 10.6 Å². The van der Waals surface area contributed by atoms with Crippen molar-refractivity contribution in [2.24, 2.45) is 0 Å². The van der Waals surface area contributed by atoms with Gasteiger partial charge in [-0.05, 0) is 25.5 Å². The molecular formula is C13H19ClN2O2. The van der Waals surface area contributed by atoms with E-state index < -0.39 is 0 Å². The Kier molecular flexibility index (Phi) is 5.59. The molecule has 0 aromatic heterocycles. The lowest BCUT2D eigenvalue weighted by molar-refractivity contribution is -0.123. The fourth-order valence-electron chi connectivity index (χ4n) is 1.95. The number of anilines is 1. The molecule has 2 N–H and O–H groups in total. The van der Waals surface area contributed by atoms with E-state index in [1.54, 1.807) is 0 Å². The van der Waals surface area contributed by atoms with Crippen molar-refractivity contribution in [2.75, 3.05) is 18.5 Å². The molecule has 1 saturated heterocycles. The molecule has 1 heterocycles. The summed E-state index contributed by atoms with van der Waals surface area (Å²) in [5.74, 6) is -0.0356. The number of morpholine rings is 1. The van der Waals surface area contributed by atoms with E-state index in [-0.39, 0.29) is 30.5 Å². The van der Waals surface area contributed by atoms with E-state index in [0.29, 0.717) is 6.61 Å². The minimum absolute atomic E-state index is 0. The van der Waals surface area contributed by atoms with Gasteiger partial charge in [-0.25, -0.2) is 0 Å². The highest BCUT2D eigenvalue weighted by atomic mass is 35.5. The molecule has 0 aliphatic carbocycles. The van der Waals surface area contributed by atoms with E-state index in [9.17, 15) is 4.79 Å². The summed E-state index contributed by atoms with van der Waals surface area (Å²) in [4.78, 5) is 12.1. The first-order chi connectivity index (χ1) is 8.18. The van der Waals surface area contributed by atoms with E-state index in [1.807, 2.05) is 38.1 Å². The zero-order valence-corrected chi connectivity index (χ0v) is 11.4. The van der Waals surface area contributed by atoms with Crippen LogP contribution in [0.4, 0.5) is 5.69 Å². The highest BCUT2D eigenvalue weighted by Crippen LogP contribution is 2.14. The number of carbonyl (C=O) groups is 1. The maximum atomic E-state index is 12.1. The monoisotopic (exact) mass is 270 g/mol. The average Bonchev–Trinajstić information content (AvgIpc) is 2.32. The molecule has 1 fully saturated rings. The summed E-state index contributed by atoms with van der Waals surface area (Å²) in [6, 6.07) is 7.47. The van der Waals surface area contributed by atoms with Crippen LogP contribution in [0.1, 0.15) is 12.5 Å². The number of hydrogen-bond donors (Lipinski definition) is 2. The summed E-state index contributed by atoms with van der Waals surface area (Å²) < 4.78 is 5.46. The van der Waals surface area contributed by atoms with Crippen molar-refractivity contribution in [2.45, 2.75) is 26.0 Å². The van der Waals surface area contributed by atoms with Gasteiger partial charge in [0.1, 0.15) is 6.04 Å². The predicted molar refractivity (Wildman–Crippen MR) is 74.3 cm³/mol. The van der Waals surface area contributed by atoms with Crippen LogP contribution in [0.3, 0.4) is 0 Å². The lowest BCUT2D eigenvalue weighted by atomic mass is 10.1. The Morgan fingerprint density at radius 3 is 2.83 bits per heavy atom. The Hall–Kier alpha value is -1.10. The number of aryl methyl sites for hydroxylation is 1. The summed E-state index contributed by atoms with van der Waals surface area (Å²) in [7, 11) is 0. The van der Waals surface area contributed by atoms with Crippen molar-refractivity contribution in [3.8, 4) is 0 Å². The van der Waals surface area contributed by atoms with Crippen LogP contribution in [0.15, 0.2) is 24.3 Å². The number of nitrogens with one attached hydrogen (secondary N) is 2. The van der Waals surface area contributed by atoms with Crippen molar-refractivity contribution in [3.05, 3.63) is 29.8 Å². The largest absolute Gasteiger partial charge is 0.375 e.